The maximum Gasteiger partial charge on any atom is 0.337 e. The minimum atomic E-state index is -1.33. The van der Waals surface area contributed by atoms with Crippen LogP contribution in [0.3, 0.4) is 0 Å². The lowest BCUT2D eigenvalue weighted by Gasteiger charge is -2.41. The number of anilines is 1. The first-order valence-corrected chi connectivity index (χ1v) is 12.9. The number of hydrogen-bond acceptors (Lipinski definition) is 6. The van der Waals surface area contributed by atoms with Gasteiger partial charge in [0.15, 0.2) is 23.5 Å². The molecule has 1 aliphatic heterocycles. The van der Waals surface area contributed by atoms with Gasteiger partial charge in [0.2, 0.25) is 0 Å². The Labute approximate surface area is 224 Å². The van der Waals surface area contributed by atoms with E-state index in [9.17, 15) is 9.90 Å². The maximum atomic E-state index is 15.0. The molecule has 2 aromatic rings. The molecule has 0 amide bonds. The van der Waals surface area contributed by atoms with Crippen molar-refractivity contribution in [2.45, 2.75) is 72.6 Å². The van der Waals surface area contributed by atoms with Crippen LogP contribution in [0, 0.1) is 24.0 Å². The van der Waals surface area contributed by atoms with Crippen LogP contribution in [0.2, 0.25) is 0 Å². The van der Waals surface area contributed by atoms with E-state index in [1.54, 1.807) is 27.7 Å². The number of carboxylic acids is 1. The number of methoxy groups -OCH3 is 1. The van der Waals surface area contributed by atoms with E-state index < -0.39 is 35.1 Å². The van der Waals surface area contributed by atoms with Crippen molar-refractivity contribution < 1.29 is 28.2 Å². The predicted octanol–water partition coefficient (Wildman–Crippen LogP) is 5.97. The first kappa shape index (κ1) is 29.8. The Hall–Kier alpha value is -2.78. The molecular weight excluding hydrogens is 492 g/mol. The molecule has 0 radical (unpaired) electrons. The summed E-state index contributed by atoms with van der Waals surface area (Å²) in [4.78, 5) is 21.5. The molecule has 9 heteroatoms. The Morgan fingerprint density at radius 3 is 2.18 bits per heavy atom. The zero-order chi connectivity index (χ0) is 28.6. The second-order valence-corrected chi connectivity index (χ2v) is 12.1. The summed E-state index contributed by atoms with van der Waals surface area (Å²) in [5.41, 5.74) is 2.24. The van der Waals surface area contributed by atoms with Crippen LogP contribution in [-0.2, 0) is 16.1 Å². The van der Waals surface area contributed by atoms with Crippen LogP contribution >= 0.6 is 0 Å². The molecule has 0 aliphatic carbocycles. The zero-order valence-corrected chi connectivity index (χ0v) is 24.0. The van der Waals surface area contributed by atoms with Gasteiger partial charge in [0.25, 0.3) is 0 Å². The van der Waals surface area contributed by atoms with Gasteiger partial charge in [-0.3, -0.25) is 4.98 Å². The molecule has 38 heavy (non-hydrogen) atoms. The summed E-state index contributed by atoms with van der Waals surface area (Å²) < 4.78 is 41.1. The molecular formula is C29H41F2N3O4. The summed E-state index contributed by atoms with van der Waals surface area (Å²) in [6.07, 6.45) is 0.423. The number of pyridine rings is 1. The molecule has 1 aliphatic rings. The fourth-order valence-electron chi connectivity index (χ4n) is 4.94. The van der Waals surface area contributed by atoms with E-state index in [0.717, 1.165) is 12.8 Å². The molecule has 1 unspecified atom stereocenters. The van der Waals surface area contributed by atoms with E-state index in [1.807, 2.05) is 19.0 Å². The first-order chi connectivity index (χ1) is 17.5. The Morgan fingerprint density at radius 1 is 1.18 bits per heavy atom. The van der Waals surface area contributed by atoms with Crippen LogP contribution in [-0.4, -0.2) is 60.9 Å². The summed E-state index contributed by atoms with van der Waals surface area (Å²) >= 11 is 0. The number of halogens is 2. The van der Waals surface area contributed by atoms with Crippen molar-refractivity contribution >= 4 is 11.7 Å². The molecule has 0 bridgehead atoms. The summed E-state index contributed by atoms with van der Waals surface area (Å²) in [7, 11) is 4.98. The van der Waals surface area contributed by atoms with Gasteiger partial charge in [-0.25, -0.2) is 13.6 Å². The highest BCUT2D eigenvalue weighted by atomic mass is 19.1. The van der Waals surface area contributed by atoms with Crippen molar-refractivity contribution in [3.8, 4) is 16.9 Å². The Morgan fingerprint density at radius 2 is 1.74 bits per heavy atom. The van der Waals surface area contributed by atoms with E-state index in [2.05, 4.69) is 18.7 Å². The highest BCUT2D eigenvalue weighted by molar-refractivity contribution is 5.88. The molecule has 3 rings (SSSR count). The molecule has 1 saturated heterocycles. The number of hydrogen-bond donors (Lipinski definition) is 1. The predicted molar refractivity (Wildman–Crippen MR) is 145 cm³/mol. The highest BCUT2D eigenvalue weighted by Crippen LogP contribution is 2.46. The van der Waals surface area contributed by atoms with E-state index in [4.69, 9.17) is 14.5 Å². The number of carbonyl (C=O) groups is 1. The van der Waals surface area contributed by atoms with Gasteiger partial charge in [-0.2, -0.15) is 0 Å². The molecule has 2 heterocycles. The van der Waals surface area contributed by atoms with Crippen LogP contribution in [0.4, 0.5) is 14.5 Å². The Balaban J connectivity index is 2.44. The average molecular weight is 534 g/mol. The summed E-state index contributed by atoms with van der Waals surface area (Å²) in [6.45, 7) is 13.3. The Bertz CT molecular complexity index is 1160. The van der Waals surface area contributed by atoms with E-state index >= 15 is 8.78 Å². The maximum absolute atomic E-state index is 15.0. The quantitative estimate of drug-likeness (QED) is 0.448. The number of piperidine rings is 1. The van der Waals surface area contributed by atoms with Crippen molar-refractivity contribution in [2.24, 2.45) is 5.41 Å². The van der Waals surface area contributed by atoms with Crippen LogP contribution in [0.1, 0.15) is 70.5 Å². The number of aryl methyl sites for hydroxylation is 1. The lowest BCUT2D eigenvalue weighted by molar-refractivity contribution is -0.160. The van der Waals surface area contributed by atoms with Gasteiger partial charge in [-0.1, -0.05) is 13.8 Å². The van der Waals surface area contributed by atoms with Crippen LogP contribution < -0.4 is 9.64 Å². The van der Waals surface area contributed by atoms with Crippen LogP contribution in [0.15, 0.2) is 12.1 Å². The number of rotatable bonds is 8. The first-order valence-electron chi connectivity index (χ1n) is 12.9. The third-order valence-electron chi connectivity index (χ3n) is 6.82. The number of aliphatic carboxylic acids is 1. The van der Waals surface area contributed by atoms with Gasteiger partial charge >= 0.3 is 5.97 Å². The van der Waals surface area contributed by atoms with Crippen molar-refractivity contribution in [3.05, 3.63) is 40.7 Å². The fourth-order valence-corrected chi connectivity index (χ4v) is 4.94. The lowest BCUT2D eigenvalue weighted by Crippen LogP contribution is -2.39. The van der Waals surface area contributed by atoms with Crippen LogP contribution in [0.5, 0.6) is 5.75 Å². The van der Waals surface area contributed by atoms with Crippen molar-refractivity contribution in [1.29, 1.82) is 0 Å². The molecule has 0 spiro atoms. The standard InChI is InChI=1S/C29H41F2N3O4/c1-17-22(26(27(35)36)38-28(2,3)4)24(34-12-10-29(5,6)11-13-34)23(21(32-17)16-33(7)8)18-14-19(30)25(37-9)20(31)15-18/h14-15,26H,10-13,16H2,1-9H3,(H,35,36). The number of nitrogens with zero attached hydrogens (tertiary/aromatic N) is 3. The van der Waals surface area contributed by atoms with E-state index in [-0.39, 0.29) is 11.0 Å². The Kier molecular flexibility index (Phi) is 8.73. The normalized spacial score (nSPS) is 16.6. The van der Waals surface area contributed by atoms with Gasteiger partial charge in [0.1, 0.15) is 0 Å². The lowest BCUT2D eigenvalue weighted by atomic mass is 9.81. The zero-order valence-electron chi connectivity index (χ0n) is 24.0. The molecule has 0 saturated carbocycles. The van der Waals surface area contributed by atoms with E-state index in [1.165, 1.54) is 19.2 Å². The SMILES string of the molecule is COc1c(F)cc(-c2c(CN(C)C)nc(C)c(C(OC(C)(C)C)C(=O)O)c2N2CCC(C)(C)CC2)cc1F. The van der Waals surface area contributed by atoms with Crippen molar-refractivity contribution in [1.82, 2.24) is 9.88 Å². The number of benzene rings is 1. The molecule has 7 nitrogen and oxygen atoms in total. The summed E-state index contributed by atoms with van der Waals surface area (Å²) in [5, 5.41) is 10.3. The second kappa shape index (κ2) is 11.1. The molecule has 1 N–H and O–H groups in total. The molecule has 1 aromatic heterocycles. The van der Waals surface area contributed by atoms with Gasteiger partial charge in [-0.05, 0) is 77.7 Å². The molecule has 210 valence electrons. The minimum absolute atomic E-state index is 0.123. The van der Waals surface area contributed by atoms with Gasteiger partial charge in [0.05, 0.1) is 24.1 Å². The van der Waals surface area contributed by atoms with Crippen LogP contribution in [0.25, 0.3) is 11.1 Å². The summed E-state index contributed by atoms with van der Waals surface area (Å²) in [5.74, 6) is -3.30. The topological polar surface area (TPSA) is 75.1 Å². The largest absolute Gasteiger partial charge is 0.491 e. The third-order valence-corrected chi connectivity index (χ3v) is 6.82. The number of aromatic nitrogens is 1. The fraction of sp³-hybridized carbons (Fsp3) is 0.586. The molecule has 1 atom stereocenters. The highest BCUT2D eigenvalue weighted by Gasteiger charge is 2.37. The van der Waals surface area contributed by atoms with Crippen molar-refractivity contribution in [3.63, 3.8) is 0 Å². The van der Waals surface area contributed by atoms with E-state index in [0.29, 0.717) is 47.8 Å². The number of ether oxygens (including phenoxy) is 2. The van der Waals surface area contributed by atoms with Gasteiger partial charge < -0.3 is 24.4 Å². The molecule has 1 fully saturated rings. The molecule has 1 aromatic carbocycles. The number of carboxylic acid groups (broad SMARTS) is 1. The third kappa shape index (κ3) is 6.61. The van der Waals surface area contributed by atoms with Crippen molar-refractivity contribution in [2.75, 3.05) is 39.2 Å². The smallest absolute Gasteiger partial charge is 0.337 e. The second-order valence-electron chi connectivity index (χ2n) is 12.1. The summed E-state index contributed by atoms with van der Waals surface area (Å²) in [6, 6.07) is 2.46. The minimum Gasteiger partial charge on any atom is -0.491 e. The average Bonchev–Trinajstić information content (AvgIpc) is 2.76. The van der Waals surface area contributed by atoms with Gasteiger partial charge in [0, 0.05) is 36.5 Å². The monoisotopic (exact) mass is 533 g/mol. The van der Waals surface area contributed by atoms with Gasteiger partial charge in [-0.15, -0.1) is 0 Å².